The van der Waals surface area contributed by atoms with Gasteiger partial charge < -0.3 is 5.32 Å². The summed E-state index contributed by atoms with van der Waals surface area (Å²) in [5.74, 6) is -0.910. The Bertz CT molecular complexity index is 692. The van der Waals surface area contributed by atoms with E-state index in [-0.39, 0.29) is 10.7 Å². The van der Waals surface area contributed by atoms with Crippen molar-refractivity contribution >= 4 is 29.2 Å². The van der Waals surface area contributed by atoms with E-state index in [9.17, 15) is 8.78 Å². The molecule has 23 heavy (non-hydrogen) atoms. The summed E-state index contributed by atoms with van der Waals surface area (Å²) in [6.45, 7) is 4.23. The number of rotatable bonds is 4. The highest BCUT2D eigenvalue weighted by molar-refractivity contribution is 7.80. The second-order valence-electron chi connectivity index (χ2n) is 5.24. The van der Waals surface area contributed by atoms with Crippen molar-refractivity contribution in [2.45, 2.75) is 19.8 Å². The van der Waals surface area contributed by atoms with Crippen LogP contribution in [-0.2, 0) is 0 Å². The fourth-order valence-corrected chi connectivity index (χ4v) is 2.07. The Labute approximate surface area is 139 Å². The molecule has 0 aliphatic heterocycles. The quantitative estimate of drug-likeness (QED) is 0.494. The maximum absolute atomic E-state index is 13.4. The van der Waals surface area contributed by atoms with Gasteiger partial charge in [0.25, 0.3) is 0 Å². The van der Waals surface area contributed by atoms with Gasteiger partial charge in [-0.3, -0.25) is 5.43 Å². The van der Waals surface area contributed by atoms with Crippen molar-refractivity contribution in [2.75, 3.05) is 5.32 Å². The Morgan fingerprint density at radius 3 is 2.26 bits per heavy atom. The fraction of sp³-hybridized carbons (Fsp3) is 0.176. The normalized spacial score (nSPS) is 11.0. The van der Waals surface area contributed by atoms with Gasteiger partial charge >= 0.3 is 0 Å². The molecule has 2 rings (SSSR count). The standard InChI is InChI=1S/C17H17F2N3S/c1-11(2)12-6-8-13(9-7-12)21-17(23)22-20-10-14-15(18)4-3-5-16(14)19/h3-11H,1-2H3,(H2,21,22,23)/b20-10-. The van der Waals surface area contributed by atoms with Gasteiger partial charge in [-0.2, -0.15) is 5.10 Å². The minimum absolute atomic E-state index is 0.218. The molecule has 120 valence electrons. The highest BCUT2D eigenvalue weighted by Gasteiger charge is 2.05. The Morgan fingerprint density at radius 1 is 1.09 bits per heavy atom. The van der Waals surface area contributed by atoms with Crippen molar-refractivity contribution < 1.29 is 8.78 Å². The van der Waals surface area contributed by atoms with Crippen LogP contribution in [0.4, 0.5) is 14.5 Å². The predicted octanol–water partition coefficient (Wildman–Crippen LogP) is 4.41. The molecule has 0 atom stereocenters. The van der Waals surface area contributed by atoms with E-state index in [2.05, 4.69) is 29.7 Å². The van der Waals surface area contributed by atoms with Crippen LogP contribution in [0.3, 0.4) is 0 Å². The number of hydrogen-bond acceptors (Lipinski definition) is 2. The van der Waals surface area contributed by atoms with Gasteiger partial charge in [-0.1, -0.05) is 32.0 Å². The predicted molar refractivity (Wildman–Crippen MR) is 93.8 cm³/mol. The number of thiocarbonyl (C=S) groups is 1. The molecule has 0 aliphatic carbocycles. The number of hydrogen-bond donors (Lipinski definition) is 2. The molecule has 2 aromatic carbocycles. The van der Waals surface area contributed by atoms with Crippen molar-refractivity contribution in [1.82, 2.24) is 5.43 Å². The monoisotopic (exact) mass is 333 g/mol. The zero-order valence-corrected chi connectivity index (χ0v) is 13.6. The zero-order valence-electron chi connectivity index (χ0n) is 12.8. The highest BCUT2D eigenvalue weighted by atomic mass is 32.1. The van der Waals surface area contributed by atoms with E-state index in [0.717, 1.165) is 24.0 Å². The Balaban J connectivity index is 1.93. The first-order valence-electron chi connectivity index (χ1n) is 7.11. The van der Waals surface area contributed by atoms with Crippen molar-refractivity contribution in [3.63, 3.8) is 0 Å². The van der Waals surface area contributed by atoms with Gasteiger partial charge in [0, 0.05) is 5.69 Å². The van der Waals surface area contributed by atoms with Crippen LogP contribution in [0.1, 0.15) is 30.9 Å². The largest absolute Gasteiger partial charge is 0.331 e. The van der Waals surface area contributed by atoms with Crippen molar-refractivity contribution in [1.29, 1.82) is 0 Å². The molecule has 0 amide bonds. The van der Waals surface area contributed by atoms with Gasteiger partial charge in [0.1, 0.15) is 11.6 Å². The third-order valence-electron chi connectivity index (χ3n) is 3.19. The molecule has 2 aromatic rings. The number of nitrogens with one attached hydrogen (secondary N) is 2. The zero-order chi connectivity index (χ0) is 16.8. The van der Waals surface area contributed by atoms with E-state index >= 15 is 0 Å². The number of nitrogens with zero attached hydrogens (tertiary/aromatic N) is 1. The average Bonchev–Trinajstić information content (AvgIpc) is 2.51. The van der Waals surface area contributed by atoms with Gasteiger partial charge in [0.2, 0.25) is 0 Å². The molecule has 0 unspecified atom stereocenters. The number of benzene rings is 2. The highest BCUT2D eigenvalue weighted by Crippen LogP contribution is 2.17. The first-order chi connectivity index (χ1) is 11.0. The van der Waals surface area contributed by atoms with Crippen LogP contribution in [0.5, 0.6) is 0 Å². The molecule has 0 radical (unpaired) electrons. The molecule has 0 spiro atoms. The van der Waals surface area contributed by atoms with Crippen LogP contribution in [0.25, 0.3) is 0 Å². The lowest BCUT2D eigenvalue weighted by Gasteiger charge is -2.09. The number of anilines is 1. The smallest absolute Gasteiger partial charge is 0.191 e. The van der Waals surface area contributed by atoms with Crippen LogP contribution in [0, 0.1) is 11.6 Å². The summed E-state index contributed by atoms with van der Waals surface area (Å²) in [6.07, 6.45) is 1.06. The molecule has 3 nitrogen and oxygen atoms in total. The third kappa shape index (κ3) is 4.82. The Kier molecular flexibility index (Phi) is 5.76. The first kappa shape index (κ1) is 17.0. The number of halogens is 2. The topological polar surface area (TPSA) is 36.4 Å². The summed E-state index contributed by atoms with van der Waals surface area (Å²) in [6, 6.07) is 11.4. The molecule has 0 aromatic heterocycles. The summed E-state index contributed by atoms with van der Waals surface area (Å²) in [5, 5.41) is 6.92. The maximum Gasteiger partial charge on any atom is 0.191 e. The summed E-state index contributed by atoms with van der Waals surface area (Å²) >= 11 is 5.08. The van der Waals surface area contributed by atoms with Crippen molar-refractivity contribution in [3.05, 3.63) is 65.2 Å². The van der Waals surface area contributed by atoms with Crippen LogP contribution in [0.2, 0.25) is 0 Å². The Hall–Kier alpha value is -2.34. The maximum atomic E-state index is 13.4. The van der Waals surface area contributed by atoms with Gasteiger partial charge in [0.15, 0.2) is 5.11 Å². The second kappa shape index (κ2) is 7.78. The van der Waals surface area contributed by atoms with E-state index in [1.54, 1.807) is 0 Å². The van der Waals surface area contributed by atoms with Crippen LogP contribution in [0.15, 0.2) is 47.6 Å². The van der Waals surface area contributed by atoms with E-state index in [1.165, 1.54) is 11.6 Å². The summed E-state index contributed by atoms with van der Waals surface area (Å²) < 4.78 is 26.8. The molecule has 6 heteroatoms. The molecule has 0 aliphatic rings. The minimum Gasteiger partial charge on any atom is -0.331 e. The van der Waals surface area contributed by atoms with E-state index < -0.39 is 11.6 Å². The van der Waals surface area contributed by atoms with Crippen LogP contribution < -0.4 is 10.7 Å². The van der Waals surface area contributed by atoms with Crippen molar-refractivity contribution in [3.8, 4) is 0 Å². The van der Waals surface area contributed by atoms with Gasteiger partial charge in [0.05, 0.1) is 11.8 Å². The average molecular weight is 333 g/mol. The molecular weight excluding hydrogens is 316 g/mol. The summed E-state index contributed by atoms with van der Waals surface area (Å²) in [7, 11) is 0. The molecule has 0 heterocycles. The van der Waals surface area contributed by atoms with E-state index in [4.69, 9.17) is 12.2 Å². The molecule has 0 saturated heterocycles. The van der Waals surface area contributed by atoms with Gasteiger partial charge in [-0.25, -0.2) is 8.78 Å². The minimum atomic E-state index is -0.682. The van der Waals surface area contributed by atoms with Crippen LogP contribution >= 0.6 is 12.2 Å². The Morgan fingerprint density at radius 2 is 1.70 bits per heavy atom. The lowest BCUT2D eigenvalue weighted by molar-refractivity contribution is 0.580. The third-order valence-corrected chi connectivity index (χ3v) is 3.39. The molecule has 2 N–H and O–H groups in total. The molecule has 0 fully saturated rings. The summed E-state index contributed by atoms with van der Waals surface area (Å²) in [4.78, 5) is 0. The van der Waals surface area contributed by atoms with Gasteiger partial charge in [-0.15, -0.1) is 0 Å². The van der Waals surface area contributed by atoms with Crippen LogP contribution in [-0.4, -0.2) is 11.3 Å². The fourth-order valence-electron chi connectivity index (χ4n) is 1.90. The molecule has 0 saturated carbocycles. The number of hydrazone groups is 1. The van der Waals surface area contributed by atoms with E-state index in [1.807, 2.05) is 24.3 Å². The lowest BCUT2D eigenvalue weighted by atomic mass is 10.0. The summed E-state index contributed by atoms with van der Waals surface area (Å²) in [5.41, 5.74) is 4.34. The van der Waals surface area contributed by atoms with Gasteiger partial charge in [-0.05, 0) is 48.0 Å². The molecular formula is C17H17F2N3S. The second-order valence-corrected chi connectivity index (χ2v) is 5.64. The SMILES string of the molecule is CC(C)c1ccc(NC(=S)N/N=C\c2c(F)cccc2F)cc1. The lowest BCUT2D eigenvalue weighted by Crippen LogP contribution is -2.24. The first-order valence-corrected chi connectivity index (χ1v) is 7.52. The van der Waals surface area contributed by atoms with Crippen molar-refractivity contribution in [2.24, 2.45) is 5.10 Å². The molecule has 0 bridgehead atoms. The van der Waals surface area contributed by atoms with E-state index in [0.29, 0.717) is 5.92 Å².